The molecule has 0 aliphatic carbocycles. The van der Waals surface area contributed by atoms with Gasteiger partial charge >= 0.3 is 0 Å². The first-order valence-electron chi connectivity index (χ1n) is 8.12. The van der Waals surface area contributed by atoms with Crippen LogP contribution in [0.2, 0.25) is 0 Å². The molecule has 1 saturated heterocycles. The summed E-state index contributed by atoms with van der Waals surface area (Å²) in [5, 5.41) is 6.12. The van der Waals surface area contributed by atoms with Crippen LogP contribution < -0.4 is 10.6 Å². The van der Waals surface area contributed by atoms with E-state index in [4.69, 9.17) is 0 Å². The maximum absolute atomic E-state index is 12.1. The number of halogens is 1. The molecule has 0 spiro atoms. The van der Waals surface area contributed by atoms with Crippen molar-refractivity contribution in [3.05, 3.63) is 34.9 Å². The van der Waals surface area contributed by atoms with Crippen molar-refractivity contribution in [1.29, 1.82) is 0 Å². The number of rotatable bonds is 4. The van der Waals surface area contributed by atoms with Gasteiger partial charge in [0.05, 0.1) is 0 Å². The lowest BCUT2D eigenvalue weighted by Crippen LogP contribution is -2.37. The zero-order valence-corrected chi connectivity index (χ0v) is 14.1. The highest BCUT2D eigenvalue weighted by atomic mass is 35.5. The molecule has 126 valence electrons. The number of fused-ring (bicyclic) bond motifs is 1. The molecule has 23 heavy (non-hydrogen) atoms. The number of piperidine rings is 1. The van der Waals surface area contributed by atoms with Crippen molar-refractivity contribution in [2.45, 2.75) is 38.8 Å². The molecule has 0 aromatic heterocycles. The number of nitrogens with one attached hydrogen (secondary N) is 2. The first-order chi connectivity index (χ1) is 10.7. The Morgan fingerprint density at radius 3 is 2.61 bits per heavy atom. The molecule has 2 N–H and O–H groups in total. The molecule has 2 amide bonds. The number of nitrogens with zero attached hydrogens (tertiary/aromatic N) is 1. The number of hydrogen-bond donors (Lipinski definition) is 2. The van der Waals surface area contributed by atoms with Gasteiger partial charge in [-0.1, -0.05) is 6.07 Å². The summed E-state index contributed by atoms with van der Waals surface area (Å²) in [6.07, 6.45) is 3.80. The van der Waals surface area contributed by atoms with E-state index in [0.717, 1.165) is 39.0 Å². The number of hydrogen-bond acceptors (Lipinski definition) is 3. The monoisotopic (exact) mass is 337 g/mol. The van der Waals surface area contributed by atoms with E-state index in [-0.39, 0.29) is 24.2 Å². The minimum Gasteiger partial charge on any atom is -0.352 e. The fourth-order valence-corrected chi connectivity index (χ4v) is 3.12. The molecule has 0 saturated carbocycles. The molecule has 2 aliphatic rings. The van der Waals surface area contributed by atoms with Gasteiger partial charge in [0.2, 0.25) is 5.91 Å². The van der Waals surface area contributed by atoms with Crippen molar-refractivity contribution >= 4 is 24.2 Å². The van der Waals surface area contributed by atoms with E-state index in [9.17, 15) is 9.59 Å². The van der Waals surface area contributed by atoms with Crippen LogP contribution in [0, 0.1) is 0 Å². The summed E-state index contributed by atoms with van der Waals surface area (Å²) in [5.74, 6) is 0.0549. The summed E-state index contributed by atoms with van der Waals surface area (Å²) in [6, 6.07) is 5.80. The third kappa shape index (κ3) is 4.45. The Hall–Kier alpha value is -1.59. The molecule has 1 aromatic rings. The van der Waals surface area contributed by atoms with Crippen LogP contribution in [0.1, 0.15) is 47.2 Å². The van der Waals surface area contributed by atoms with Crippen LogP contribution in [0.25, 0.3) is 0 Å². The average molecular weight is 338 g/mol. The second-order valence-electron chi connectivity index (χ2n) is 6.03. The van der Waals surface area contributed by atoms with Gasteiger partial charge in [0.25, 0.3) is 5.91 Å². The van der Waals surface area contributed by atoms with Gasteiger partial charge in [-0.15, -0.1) is 12.4 Å². The predicted molar refractivity (Wildman–Crippen MR) is 91.6 cm³/mol. The van der Waals surface area contributed by atoms with Crippen LogP contribution in [-0.2, 0) is 17.9 Å². The van der Waals surface area contributed by atoms with Crippen molar-refractivity contribution in [3.63, 3.8) is 0 Å². The van der Waals surface area contributed by atoms with Gasteiger partial charge in [-0.05, 0) is 42.5 Å². The standard InChI is InChI=1S/C17H23N3O2.ClH/c21-16(20-8-2-1-3-9-20)6-7-19-17(22)13-4-5-14-11-18-12-15(14)10-13;/h4-5,10,18H,1-3,6-9,11-12H2,(H,19,22);1H. The summed E-state index contributed by atoms with van der Waals surface area (Å²) >= 11 is 0. The maximum Gasteiger partial charge on any atom is 0.251 e. The van der Waals surface area contributed by atoms with Crippen LogP contribution in [0.3, 0.4) is 0 Å². The average Bonchev–Trinajstić information content (AvgIpc) is 3.03. The predicted octanol–water partition coefficient (Wildman–Crippen LogP) is 1.84. The van der Waals surface area contributed by atoms with E-state index in [1.807, 2.05) is 23.1 Å². The molecule has 3 rings (SSSR count). The lowest BCUT2D eigenvalue weighted by molar-refractivity contribution is -0.131. The normalized spacial score (nSPS) is 16.4. The number of carbonyl (C=O) groups is 2. The Balaban J connectivity index is 0.00000192. The molecule has 1 fully saturated rings. The van der Waals surface area contributed by atoms with Gasteiger partial charge in [0.15, 0.2) is 0 Å². The topological polar surface area (TPSA) is 61.4 Å². The maximum atomic E-state index is 12.1. The first kappa shape index (κ1) is 17.8. The molecule has 2 heterocycles. The van der Waals surface area contributed by atoms with E-state index in [0.29, 0.717) is 18.5 Å². The van der Waals surface area contributed by atoms with Crippen LogP contribution >= 0.6 is 12.4 Å². The van der Waals surface area contributed by atoms with Crippen molar-refractivity contribution in [1.82, 2.24) is 15.5 Å². The second kappa shape index (κ2) is 8.31. The van der Waals surface area contributed by atoms with Gasteiger partial charge in [0, 0.05) is 44.7 Å². The van der Waals surface area contributed by atoms with E-state index in [2.05, 4.69) is 10.6 Å². The highest BCUT2D eigenvalue weighted by Gasteiger charge is 2.17. The van der Waals surface area contributed by atoms with Crippen LogP contribution in [0.15, 0.2) is 18.2 Å². The molecule has 0 unspecified atom stereocenters. The molecule has 6 heteroatoms. The smallest absolute Gasteiger partial charge is 0.251 e. The highest BCUT2D eigenvalue weighted by molar-refractivity contribution is 5.94. The van der Waals surface area contributed by atoms with Gasteiger partial charge < -0.3 is 15.5 Å². The molecule has 0 radical (unpaired) electrons. The summed E-state index contributed by atoms with van der Waals surface area (Å²) in [6.45, 7) is 3.84. The quantitative estimate of drug-likeness (QED) is 0.881. The molecular formula is C17H24ClN3O2. The lowest BCUT2D eigenvalue weighted by atomic mass is 10.1. The van der Waals surface area contributed by atoms with Gasteiger partial charge in [0.1, 0.15) is 0 Å². The molecule has 2 aliphatic heterocycles. The zero-order chi connectivity index (χ0) is 15.4. The van der Waals surface area contributed by atoms with Crippen molar-refractivity contribution in [3.8, 4) is 0 Å². The highest BCUT2D eigenvalue weighted by Crippen LogP contribution is 2.17. The Morgan fingerprint density at radius 1 is 1.09 bits per heavy atom. The molecule has 0 bridgehead atoms. The van der Waals surface area contributed by atoms with E-state index in [1.165, 1.54) is 17.5 Å². The fraction of sp³-hybridized carbons (Fsp3) is 0.529. The number of amides is 2. The number of likely N-dealkylation sites (tertiary alicyclic amines) is 1. The third-order valence-electron chi connectivity index (χ3n) is 4.43. The number of benzene rings is 1. The second-order valence-corrected chi connectivity index (χ2v) is 6.03. The van der Waals surface area contributed by atoms with E-state index >= 15 is 0 Å². The molecule has 1 aromatic carbocycles. The van der Waals surface area contributed by atoms with Crippen molar-refractivity contribution in [2.75, 3.05) is 19.6 Å². The van der Waals surface area contributed by atoms with Crippen molar-refractivity contribution in [2.24, 2.45) is 0 Å². The lowest BCUT2D eigenvalue weighted by Gasteiger charge is -2.26. The Kier molecular flexibility index (Phi) is 6.42. The Labute approximate surface area is 143 Å². The van der Waals surface area contributed by atoms with Gasteiger partial charge in [-0.2, -0.15) is 0 Å². The first-order valence-corrected chi connectivity index (χ1v) is 8.12. The largest absolute Gasteiger partial charge is 0.352 e. The van der Waals surface area contributed by atoms with E-state index in [1.54, 1.807) is 0 Å². The Bertz CT molecular complexity index is 571. The summed E-state index contributed by atoms with van der Waals surface area (Å²) in [7, 11) is 0. The van der Waals surface area contributed by atoms with Crippen LogP contribution in [0.5, 0.6) is 0 Å². The van der Waals surface area contributed by atoms with Gasteiger partial charge in [-0.25, -0.2) is 0 Å². The van der Waals surface area contributed by atoms with Crippen LogP contribution in [0.4, 0.5) is 0 Å². The molecule has 0 atom stereocenters. The fourth-order valence-electron chi connectivity index (χ4n) is 3.12. The molecular weight excluding hydrogens is 314 g/mol. The van der Waals surface area contributed by atoms with Crippen LogP contribution in [-0.4, -0.2) is 36.3 Å². The minimum absolute atomic E-state index is 0. The Morgan fingerprint density at radius 2 is 1.83 bits per heavy atom. The van der Waals surface area contributed by atoms with Crippen molar-refractivity contribution < 1.29 is 9.59 Å². The number of carbonyl (C=O) groups excluding carboxylic acids is 2. The summed E-state index contributed by atoms with van der Waals surface area (Å²) in [5.41, 5.74) is 3.13. The zero-order valence-electron chi connectivity index (χ0n) is 13.3. The molecule has 5 nitrogen and oxygen atoms in total. The minimum atomic E-state index is -0.0962. The third-order valence-corrected chi connectivity index (χ3v) is 4.43. The SMILES string of the molecule is Cl.O=C(NCCC(=O)N1CCCCC1)c1ccc2c(c1)CNC2. The summed E-state index contributed by atoms with van der Waals surface area (Å²) < 4.78 is 0. The van der Waals surface area contributed by atoms with Gasteiger partial charge in [-0.3, -0.25) is 9.59 Å². The van der Waals surface area contributed by atoms with E-state index < -0.39 is 0 Å². The summed E-state index contributed by atoms with van der Waals surface area (Å²) in [4.78, 5) is 26.1.